The molecule has 5 heavy (non-hydrogen) atoms. The predicted molar refractivity (Wildman–Crippen MR) is 27.2 cm³/mol. The molecule has 0 spiro atoms. The van der Waals surface area contributed by atoms with E-state index in [1.165, 1.54) is 6.26 Å². The third kappa shape index (κ3) is 66.2. The highest BCUT2D eigenvalue weighted by Crippen LogP contribution is 2.08. The van der Waals surface area contributed by atoms with Gasteiger partial charge in [-0.25, -0.2) is 0 Å². The van der Waals surface area contributed by atoms with Crippen molar-refractivity contribution in [2.75, 3.05) is 6.26 Å². The zero-order valence-corrected chi connectivity index (χ0v) is 5.02. The highest BCUT2D eigenvalue weighted by molar-refractivity contribution is 8.40. The second kappa shape index (κ2) is 1.45. The average molecular weight is 135 g/mol. The van der Waals surface area contributed by atoms with Crippen LogP contribution < -0.4 is 0 Å². The van der Waals surface area contributed by atoms with Gasteiger partial charge < -0.3 is 0 Å². The Bertz CT molecular complexity index is 55.8. The molecule has 1 nitrogen and oxygen atoms in total. The van der Waals surface area contributed by atoms with Gasteiger partial charge in [0.1, 0.15) is 0 Å². The summed E-state index contributed by atoms with van der Waals surface area (Å²) in [6, 6.07) is 0. The van der Waals surface area contributed by atoms with E-state index in [0.29, 0.717) is 0 Å². The first-order chi connectivity index (χ1) is 2.00. The molecule has 0 rings (SSSR count). The molecule has 0 heterocycles. The topological polar surface area (TPSA) is 17.1 Å². The molecule has 0 fully saturated rings. The second-order valence-electron chi connectivity index (χ2n) is 0.723. The van der Waals surface area contributed by atoms with Gasteiger partial charge in [0.15, 0.2) is 0 Å². The Morgan fingerprint density at radius 3 is 1.60 bits per heavy atom. The summed E-state index contributed by atoms with van der Waals surface area (Å²) in [6.45, 7) is 0. The zero-order chi connectivity index (χ0) is 4.50. The van der Waals surface area contributed by atoms with Crippen LogP contribution in [0.15, 0.2) is 0 Å². The summed E-state index contributed by atoms with van der Waals surface area (Å²) in [5.74, 6) is 0. The van der Waals surface area contributed by atoms with Gasteiger partial charge in [0.05, 0.1) is 0 Å². The maximum atomic E-state index is 9.75. The molecule has 0 saturated heterocycles. The largest absolute Gasteiger partial charge is 0.256 e. The van der Waals surface area contributed by atoms with Gasteiger partial charge >= 0.3 is 0 Å². The van der Waals surface area contributed by atoms with Crippen LogP contribution in [0.4, 0.5) is 0 Å². The van der Waals surface area contributed by atoms with Crippen LogP contribution in [0.3, 0.4) is 0 Å². The molecule has 4 heteroatoms. The van der Waals surface area contributed by atoms with E-state index in [4.69, 9.17) is 21.4 Å². The minimum atomic E-state index is -2.69. The van der Waals surface area contributed by atoms with Crippen molar-refractivity contribution >= 4 is 29.7 Å². The smallest absolute Gasteiger partial charge is 0.0302 e. The van der Waals surface area contributed by atoms with Crippen LogP contribution in [0.1, 0.15) is 0 Å². The predicted octanol–water partition coefficient (Wildman–Crippen LogP) is 0.940. The number of thiol groups is 1. The van der Waals surface area contributed by atoms with Crippen LogP contribution in [-0.2, 0) is 8.36 Å². The fourth-order valence-corrected chi connectivity index (χ4v) is 0. The summed E-state index contributed by atoms with van der Waals surface area (Å²) in [5, 5.41) is 0. The van der Waals surface area contributed by atoms with E-state index in [0.717, 1.165) is 0 Å². The quantitative estimate of drug-likeness (QED) is 0.386. The van der Waals surface area contributed by atoms with Gasteiger partial charge in [-0.15, -0.1) is 0 Å². The molecule has 0 aromatic carbocycles. The molecule has 0 unspecified atom stereocenters. The molecule has 0 bridgehead atoms. The Morgan fingerprint density at radius 2 is 1.60 bits per heavy atom. The Labute approximate surface area is 40.7 Å². The number of hydrogen-bond acceptors (Lipinski definition) is 1. The lowest BCUT2D eigenvalue weighted by Crippen LogP contribution is -1.78. The first kappa shape index (κ1) is 5.73. The lowest BCUT2D eigenvalue weighted by atomic mass is 12.0. The van der Waals surface area contributed by atoms with Gasteiger partial charge in [-0.2, -0.15) is 0 Å². The molecule has 0 aliphatic rings. The zero-order valence-electron chi connectivity index (χ0n) is 2.61. The summed E-state index contributed by atoms with van der Waals surface area (Å²) in [4.78, 5) is 0. The Kier molecular flexibility index (Phi) is 1.67. The lowest BCUT2D eigenvalue weighted by molar-refractivity contribution is 0.691. The molecule has 0 aliphatic heterocycles. The van der Waals surface area contributed by atoms with Crippen LogP contribution in [0.5, 0.6) is 0 Å². The van der Waals surface area contributed by atoms with Gasteiger partial charge in [-0.05, 0) is 21.4 Å². The van der Waals surface area contributed by atoms with E-state index in [9.17, 15) is 4.21 Å². The average Bonchev–Trinajstić information content (AvgIpc) is 0.722. The van der Waals surface area contributed by atoms with Crippen molar-refractivity contribution in [3.8, 4) is 0 Å². The maximum absolute atomic E-state index is 9.75. The van der Waals surface area contributed by atoms with E-state index in [1.54, 1.807) is 0 Å². The first-order valence-electron chi connectivity index (χ1n) is 0.968. The first-order valence-corrected chi connectivity index (χ1v) is 4.93. The van der Waals surface area contributed by atoms with E-state index in [2.05, 4.69) is 0 Å². The second-order valence-corrected chi connectivity index (χ2v) is 6.56. The van der Waals surface area contributed by atoms with Crippen molar-refractivity contribution in [1.29, 1.82) is 0 Å². The molecule has 34 valence electrons. The van der Waals surface area contributed by atoms with Crippen LogP contribution >= 0.6 is 21.4 Å². The fraction of sp³-hybridized carbons (Fsp3) is 1.00. The molecular weight excluding hydrogens is 131 g/mol. The molecule has 0 amide bonds. The number of hydrogen-bond donors (Lipinski definition) is 1. The van der Waals surface area contributed by atoms with Gasteiger partial charge in [0.25, 0.3) is 0 Å². The Morgan fingerprint density at radius 1 is 1.60 bits per heavy atom. The van der Waals surface area contributed by atoms with Crippen molar-refractivity contribution in [1.82, 2.24) is 0 Å². The summed E-state index contributed by atoms with van der Waals surface area (Å²) in [5.41, 5.74) is 0. The number of rotatable bonds is 0. The van der Waals surface area contributed by atoms with Gasteiger partial charge in [-0.3, -0.25) is 4.21 Å². The van der Waals surface area contributed by atoms with E-state index >= 15 is 0 Å². The molecular formula is CH4Cl2OS. The van der Waals surface area contributed by atoms with Gasteiger partial charge in [-0.1, -0.05) is 0 Å². The standard InChI is InChI=1S/CH4Cl2OS/c1-5(2,3)4/h5H,1H3. The molecule has 0 aliphatic carbocycles. The molecule has 0 saturated carbocycles. The third-order valence-electron chi connectivity index (χ3n) is 0. The van der Waals surface area contributed by atoms with Crippen molar-refractivity contribution in [2.45, 2.75) is 0 Å². The SMILES string of the molecule is C[SH](=O)(Cl)Cl. The van der Waals surface area contributed by atoms with Crippen molar-refractivity contribution in [3.63, 3.8) is 0 Å². The Hall–Kier alpha value is 0.730. The summed E-state index contributed by atoms with van der Waals surface area (Å²) in [6.07, 6.45) is 1.27. The highest BCUT2D eigenvalue weighted by atomic mass is 36.0. The summed E-state index contributed by atoms with van der Waals surface area (Å²) in [7, 11) is 7.01. The van der Waals surface area contributed by atoms with Crippen LogP contribution in [0.2, 0.25) is 0 Å². The van der Waals surface area contributed by atoms with Crippen molar-refractivity contribution in [3.05, 3.63) is 0 Å². The van der Waals surface area contributed by atoms with E-state index in [-0.39, 0.29) is 0 Å². The monoisotopic (exact) mass is 134 g/mol. The van der Waals surface area contributed by atoms with Crippen LogP contribution in [-0.4, -0.2) is 10.5 Å². The van der Waals surface area contributed by atoms with E-state index in [1.807, 2.05) is 0 Å². The highest BCUT2D eigenvalue weighted by Gasteiger charge is 1.87. The van der Waals surface area contributed by atoms with Crippen molar-refractivity contribution < 1.29 is 4.21 Å². The normalized spacial score (nSPS) is 15.0. The fourth-order valence-electron chi connectivity index (χ4n) is 0. The third-order valence-corrected chi connectivity index (χ3v) is 0. The molecule has 0 N–H and O–H groups in total. The minimum Gasteiger partial charge on any atom is -0.256 e. The Balaban J connectivity index is 3.47. The minimum absolute atomic E-state index is 1.27. The van der Waals surface area contributed by atoms with Crippen LogP contribution in [0, 0.1) is 0 Å². The van der Waals surface area contributed by atoms with Crippen molar-refractivity contribution in [2.24, 2.45) is 0 Å². The summed E-state index contributed by atoms with van der Waals surface area (Å²) >= 11 is 0. The summed E-state index contributed by atoms with van der Waals surface area (Å²) < 4.78 is 9.75. The molecule has 0 aromatic heterocycles. The van der Waals surface area contributed by atoms with Gasteiger partial charge in [0.2, 0.25) is 0 Å². The number of halogens is 2. The lowest BCUT2D eigenvalue weighted by Gasteiger charge is -1.88. The van der Waals surface area contributed by atoms with Gasteiger partial charge in [0, 0.05) is 14.6 Å². The maximum Gasteiger partial charge on any atom is 0.0302 e. The molecule has 0 aromatic rings. The molecule has 0 radical (unpaired) electrons. The molecule has 0 atom stereocenters. The van der Waals surface area contributed by atoms with E-state index < -0.39 is 8.36 Å². The van der Waals surface area contributed by atoms with Crippen LogP contribution in [0.25, 0.3) is 0 Å².